The van der Waals surface area contributed by atoms with Gasteiger partial charge in [0.15, 0.2) is 0 Å². The van der Waals surface area contributed by atoms with Gasteiger partial charge < -0.3 is 4.74 Å². The molecule has 1 saturated heterocycles. The van der Waals surface area contributed by atoms with Crippen LogP contribution in [-0.2, 0) is 28.5 Å². The summed E-state index contributed by atoms with van der Waals surface area (Å²) in [5.41, 5.74) is -2.06. The Balaban J connectivity index is 1.83. The summed E-state index contributed by atoms with van der Waals surface area (Å²) in [5, 5.41) is 1.55. The van der Waals surface area contributed by atoms with Crippen molar-refractivity contribution in [3.05, 3.63) is 70.8 Å². The highest BCUT2D eigenvalue weighted by molar-refractivity contribution is 5.33. The van der Waals surface area contributed by atoms with Gasteiger partial charge in [-0.2, -0.15) is 31.4 Å². The molecule has 0 spiro atoms. The molecule has 1 heterocycles. The summed E-state index contributed by atoms with van der Waals surface area (Å²) < 4.78 is 83.8. The summed E-state index contributed by atoms with van der Waals surface area (Å²) in [4.78, 5) is 5.66. The van der Waals surface area contributed by atoms with Gasteiger partial charge in [-0.25, -0.2) is 0 Å². The van der Waals surface area contributed by atoms with Crippen LogP contribution in [0.15, 0.2) is 48.5 Å². The van der Waals surface area contributed by atoms with Crippen molar-refractivity contribution in [3.8, 4) is 0 Å². The Morgan fingerprint density at radius 2 is 1.55 bits per heavy atom. The van der Waals surface area contributed by atoms with E-state index in [2.05, 4.69) is 0 Å². The highest BCUT2D eigenvalue weighted by Crippen LogP contribution is 2.37. The largest absolute Gasteiger partial charge is 0.416 e. The first-order valence-electron chi connectivity index (χ1n) is 8.88. The Kier molecular flexibility index (Phi) is 6.21. The standard InChI is InChI=1S/C20H19F6NO2/c1-13-10-27(18(12-28-13)15-5-3-2-4-6-15)29-11-14-7-16(19(21,22)23)9-17(8-14)20(24,25)26/h2-9,13,18H,10-12H2,1H3/t13-,18-/m1/s1. The molecular weight excluding hydrogens is 400 g/mol. The molecule has 0 aromatic heterocycles. The van der Waals surface area contributed by atoms with Gasteiger partial charge in [0.1, 0.15) is 0 Å². The van der Waals surface area contributed by atoms with Crippen LogP contribution >= 0.6 is 0 Å². The van der Waals surface area contributed by atoms with Crippen LogP contribution in [0.3, 0.4) is 0 Å². The average Bonchev–Trinajstić information content (AvgIpc) is 2.65. The summed E-state index contributed by atoms with van der Waals surface area (Å²) in [7, 11) is 0. The van der Waals surface area contributed by atoms with E-state index in [1.165, 1.54) is 0 Å². The molecule has 0 unspecified atom stereocenters. The van der Waals surface area contributed by atoms with Gasteiger partial charge in [0.05, 0.1) is 43.0 Å². The number of halogens is 6. The van der Waals surface area contributed by atoms with E-state index in [0.717, 1.165) is 5.56 Å². The number of hydrogen-bond donors (Lipinski definition) is 0. The van der Waals surface area contributed by atoms with Gasteiger partial charge in [-0.3, -0.25) is 4.84 Å². The van der Waals surface area contributed by atoms with Gasteiger partial charge in [-0.05, 0) is 36.2 Å². The highest BCUT2D eigenvalue weighted by atomic mass is 19.4. The van der Waals surface area contributed by atoms with Crippen LogP contribution in [0, 0.1) is 0 Å². The number of alkyl halides is 6. The van der Waals surface area contributed by atoms with Crippen molar-refractivity contribution in [1.82, 2.24) is 5.06 Å². The highest BCUT2D eigenvalue weighted by Gasteiger charge is 2.37. The molecule has 1 aliphatic heterocycles. The summed E-state index contributed by atoms with van der Waals surface area (Å²) in [5.74, 6) is 0. The summed E-state index contributed by atoms with van der Waals surface area (Å²) in [6.45, 7) is 2.00. The summed E-state index contributed by atoms with van der Waals surface area (Å²) in [6, 6.07) is 10.3. The summed E-state index contributed by atoms with van der Waals surface area (Å²) >= 11 is 0. The Morgan fingerprint density at radius 3 is 2.10 bits per heavy atom. The molecule has 2 aromatic carbocycles. The fraction of sp³-hybridized carbons (Fsp3) is 0.400. The van der Waals surface area contributed by atoms with Gasteiger partial charge >= 0.3 is 12.4 Å². The van der Waals surface area contributed by atoms with Crippen LogP contribution in [-0.4, -0.2) is 24.3 Å². The predicted molar refractivity (Wildman–Crippen MR) is 92.5 cm³/mol. The third kappa shape index (κ3) is 5.49. The second kappa shape index (κ2) is 8.33. The minimum Gasteiger partial charge on any atom is -0.375 e. The Hall–Kier alpha value is -2.10. The van der Waals surface area contributed by atoms with Crippen LogP contribution in [0.25, 0.3) is 0 Å². The maximum Gasteiger partial charge on any atom is 0.416 e. The molecule has 2 aromatic rings. The number of benzene rings is 2. The number of rotatable bonds is 4. The topological polar surface area (TPSA) is 21.7 Å². The van der Waals surface area contributed by atoms with Crippen molar-refractivity contribution in [2.24, 2.45) is 0 Å². The van der Waals surface area contributed by atoms with Crippen molar-refractivity contribution in [2.75, 3.05) is 13.2 Å². The monoisotopic (exact) mass is 419 g/mol. The maximum absolute atomic E-state index is 13.0. The lowest BCUT2D eigenvalue weighted by Crippen LogP contribution is -2.43. The van der Waals surface area contributed by atoms with Crippen molar-refractivity contribution in [1.29, 1.82) is 0 Å². The van der Waals surface area contributed by atoms with E-state index in [1.807, 2.05) is 37.3 Å². The molecule has 3 rings (SSSR count). The van der Waals surface area contributed by atoms with Crippen molar-refractivity contribution >= 4 is 0 Å². The van der Waals surface area contributed by atoms with Crippen LogP contribution in [0.2, 0.25) is 0 Å². The zero-order valence-electron chi connectivity index (χ0n) is 15.4. The SMILES string of the molecule is C[C@@H]1CN(OCc2cc(C(F)(F)F)cc(C(F)(F)F)c2)[C@@H](c2ccccc2)CO1. The molecule has 0 saturated carbocycles. The number of nitrogens with zero attached hydrogens (tertiary/aromatic N) is 1. The maximum atomic E-state index is 13.0. The van der Waals surface area contributed by atoms with Gasteiger partial charge in [0, 0.05) is 0 Å². The Morgan fingerprint density at radius 1 is 0.966 bits per heavy atom. The van der Waals surface area contributed by atoms with Crippen molar-refractivity contribution in [3.63, 3.8) is 0 Å². The Bertz CT molecular complexity index is 790. The van der Waals surface area contributed by atoms with E-state index < -0.39 is 30.1 Å². The first-order chi connectivity index (χ1) is 13.5. The van der Waals surface area contributed by atoms with Crippen LogP contribution in [0.5, 0.6) is 0 Å². The number of hydrogen-bond acceptors (Lipinski definition) is 3. The van der Waals surface area contributed by atoms with E-state index in [0.29, 0.717) is 25.3 Å². The minimum atomic E-state index is -4.89. The molecule has 3 nitrogen and oxygen atoms in total. The Labute approximate surface area is 163 Å². The number of ether oxygens (including phenoxy) is 1. The molecule has 0 aliphatic carbocycles. The van der Waals surface area contributed by atoms with Gasteiger partial charge in [0.25, 0.3) is 0 Å². The molecule has 2 atom stereocenters. The van der Waals surface area contributed by atoms with E-state index in [-0.39, 0.29) is 23.8 Å². The molecule has 1 fully saturated rings. The minimum absolute atomic E-state index is 0.104. The molecule has 0 radical (unpaired) electrons. The third-order valence-corrected chi connectivity index (χ3v) is 4.55. The summed E-state index contributed by atoms with van der Waals surface area (Å²) in [6.07, 6.45) is -9.98. The van der Waals surface area contributed by atoms with E-state index in [1.54, 1.807) is 5.06 Å². The molecule has 1 aliphatic rings. The van der Waals surface area contributed by atoms with Gasteiger partial charge in [-0.15, -0.1) is 0 Å². The first-order valence-corrected chi connectivity index (χ1v) is 8.88. The second-order valence-corrected chi connectivity index (χ2v) is 6.86. The molecule has 0 amide bonds. The van der Waals surface area contributed by atoms with Crippen LogP contribution in [0.4, 0.5) is 26.3 Å². The van der Waals surface area contributed by atoms with Gasteiger partial charge in [-0.1, -0.05) is 30.3 Å². The molecule has 0 N–H and O–H groups in total. The van der Waals surface area contributed by atoms with Crippen molar-refractivity contribution < 1.29 is 35.9 Å². The lowest BCUT2D eigenvalue weighted by Gasteiger charge is -2.37. The third-order valence-electron chi connectivity index (χ3n) is 4.55. The lowest BCUT2D eigenvalue weighted by molar-refractivity contribution is -0.249. The molecule has 0 bridgehead atoms. The lowest BCUT2D eigenvalue weighted by atomic mass is 10.0. The molecule has 158 valence electrons. The van der Waals surface area contributed by atoms with Crippen LogP contribution < -0.4 is 0 Å². The van der Waals surface area contributed by atoms with E-state index in [4.69, 9.17) is 9.57 Å². The molecule has 29 heavy (non-hydrogen) atoms. The fourth-order valence-electron chi connectivity index (χ4n) is 3.11. The van der Waals surface area contributed by atoms with Crippen molar-refractivity contribution in [2.45, 2.75) is 38.0 Å². The second-order valence-electron chi connectivity index (χ2n) is 6.86. The normalized spacial score (nSPS) is 21.3. The molecule has 9 heteroatoms. The average molecular weight is 419 g/mol. The zero-order chi connectivity index (χ0) is 21.2. The fourth-order valence-corrected chi connectivity index (χ4v) is 3.11. The number of hydroxylamine groups is 2. The van der Waals surface area contributed by atoms with Gasteiger partial charge in [0.2, 0.25) is 0 Å². The quantitative estimate of drug-likeness (QED) is 0.601. The van der Waals surface area contributed by atoms with E-state index in [9.17, 15) is 26.3 Å². The smallest absolute Gasteiger partial charge is 0.375 e. The van der Waals surface area contributed by atoms with E-state index >= 15 is 0 Å². The first kappa shape index (κ1) is 21.6. The zero-order valence-corrected chi connectivity index (χ0v) is 15.4. The van der Waals surface area contributed by atoms with Crippen LogP contribution in [0.1, 0.15) is 35.2 Å². The predicted octanol–water partition coefficient (Wildman–Crippen LogP) is 5.62. The molecular formula is C20H19F6NO2. The number of morpholine rings is 1.